The number of morpholine rings is 1. The van der Waals surface area contributed by atoms with Crippen molar-refractivity contribution >= 4 is 25.1 Å². The highest BCUT2D eigenvalue weighted by atomic mass is 16.7. The number of hydrogen-bond donors (Lipinski definition) is 1. The summed E-state index contributed by atoms with van der Waals surface area (Å²) in [6.07, 6.45) is 4.21. The van der Waals surface area contributed by atoms with Crippen LogP contribution in [-0.2, 0) is 20.5 Å². The van der Waals surface area contributed by atoms with E-state index in [0.29, 0.717) is 24.9 Å². The predicted octanol–water partition coefficient (Wildman–Crippen LogP) is 3.83. The average molecular weight is 449 g/mol. The van der Waals surface area contributed by atoms with Crippen molar-refractivity contribution in [2.75, 3.05) is 36.6 Å². The number of nitrogens with zero attached hydrogens (tertiary/aromatic N) is 4. The van der Waals surface area contributed by atoms with Gasteiger partial charge in [0.1, 0.15) is 11.4 Å². The summed E-state index contributed by atoms with van der Waals surface area (Å²) in [5.74, 6) is 2.06. The third-order valence-electron chi connectivity index (χ3n) is 5.77. The van der Waals surface area contributed by atoms with Crippen LogP contribution in [0.15, 0.2) is 47.8 Å². The second kappa shape index (κ2) is 10.4. The van der Waals surface area contributed by atoms with E-state index in [9.17, 15) is 0 Å². The van der Waals surface area contributed by atoms with Crippen molar-refractivity contribution in [3.8, 4) is 0 Å². The van der Waals surface area contributed by atoms with Crippen molar-refractivity contribution in [3.63, 3.8) is 0 Å². The van der Waals surface area contributed by atoms with Crippen LogP contribution in [0.25, 0.3) is 0 Å². The van der Waals surface area contributed by atoms with Gasteiger partial charge in [-0.05, 0) is 45.5 Å². The van der Waals surface area contributed by atoms with Gasteiger partial charge in [0.25, 0.3) is 0 Å². The molecule has 9 heteroatoms. The number of benzene rings is 1. The molecule has 0 unspecified atom stereocenters. The van der Waals surface area contributed by atoms with Crippen LogP contribution >= 0.6 is 0 Å². The van der Waals surface area contributed by atoms with E-state index >= 15 is 0 Å². The summed E-state index contributed by atoms with van der Waals surface area (Å²) in [6.45, 7) is 13.0. The molecular formula is C24H32BN5O3. The molecule has 0 spiro atoms. The number of rotatable bonds is 8. The van der Waals surface area contributed by atoms with Crippen molar-refractivity contribution in [1.29, 1.82) is 0 Å². The molecule has 0 radical (unpaired) electrons. The minimum absolute atomic E-state index is 0.260. The molecule has 1 aromatic heterocycles. The fraction of sp³-hybridized carbons (Fsp3) is 0.458. The minimum Gasteiger partial charge on any atom is -0.537 e. The van der Waals surface area contributed by atoms with Gasteiger partial charge in [0.2, 0.25) is 5.95 Å². The summed E-state index contributed by atoms with van der Waals surface area (Å²) in [5.41, 5.74) is 5.74. The number of aryl methyl sites for hydroxylation is 2. The molecule has 174 valence electrons. The van der Waals surface area contributed by atoms with Gasteiger partial charge in [0.05, 0.1) is 25.2 Å². The first-order chi connectivity index (χ1) is 15.9. The quantitative estimate of drug-likeness (QED) is 0.373. The van der Waals surface area contributed by atoms with E-state index < -0.39 is 5.60 Å². The third kappa shape index (κ3) is 6.33. The molecule has 2 aliphatic rings. The van der Waals surface area contributed by atoms with Gasteiger partial charge >= 0.3 is 7.12 Å². The molecule has 0 saturated carbocycles. The molecular weight excluding hydrogens is 417 g/mol. The molecule has 0 atom stereocenters. The molecule has 1 aromatic carbocycles. The molecule has 4 rings (SSSR count). The summed E-state index contributed by atoms with van der Waals surface area (Å²) >= 11 is 0. The Hall–Kier alpha value is -2.91. The van der Waals surface area contributed by atoms with E-state index in [1.807, 2.05) is 26.0 Å². The smallest absolute Gasteiger partial charge is 0.525 e. The summed E-state index contributed by atoms with van der Waals surface area (Å²) in [4.78, 5) is 11.6. The standard InChI is InChI=1S/C24H32BN5O3/c1-18-7-5-8-20(15-18)17-26-29-23-27-21(16-22(28-23)30-11-13-31-14-12-30)9-6-10-25-32-19(2)24(3,4)33-25/h5,7-8,15-17H,2,6,9-14H2,1,3-4H3,(H,27,28,29)/b26-17+. The summed E-state index contributed by atoms with van der Waals surface area (Å²) < 4.78 is 17.2. The van der Waals surface area contributed by atoms with Crippen LogP contribution in [0.3, 0.4) is 0 Å². The number of hydrazone groups is 1. The van der Waals surface area contributed by atoms with Crippen LogP contribution in [0, 0.1) is 6.92 Å². The minimum atomic E-state index is -0.435. The highest BCUT2D eigenvalue weighted by molar-refractivity contribution is 6.45. The van der Waals surface area contributed by atoms with Gasteiger partial charge < -0.3 is 18.9 Å². The molecule has 2 fully saturated rings. The molecule has 33 heavy (non-hydrogen) atoms. The Morgan fingerprint density at radius 1 is 1.24 bits per heavy atom. The summed E-state index contributed by atoms with van der Waals surface area (Å²) in [6, 6.07) is 10.2. The molecule has 2 saturated heterocycles. The third-order valence-corrected chi connectivity index (χ3v) is 5.77. The van der Waals surface area contributed by atoms with Gasteiger partial charge in [-0.25, -0.2) is 10.4 Å². The SMILES string of the molecule is C=C1OB(CCCc2cc(N3CCOCC3)nc(N/N=C/c3cccc(C)c3)n2)OC1(C)C. The maximum absolute atomic E-state index is 5.94. The second-order valence-corrected chi connectivity index (χ2v) is 8.92. The average Bonchev–Trinajstić information content (AvgIpc) is 3.05. The lowest BCUT2D eigenvalue weighted by atomic mass is 9.82. The van der Waals surface area contributed by atoms with E-state index in [2.05, 4.69) is 47.1 Å². The van der Waals surface area contributed by atoms with Crippen molar-refractivity contribution in [3.05, 3.63) is 59.5 Å². The fourth-order valence-corrected chi connectivity index (χ4v) is 3.82. The van der Waals surface area contributed by atoms with Gasteiger partial charge in [-0.15, -0.1) is 0 Å². The highest BCUT2D eigenvalue weighted by Gasteiger charge is 2.40. The van der Waals surface area contributed by atoms with E-state index in [-0.39, 0.29) is 7.12 Å². The van der Waals surface area contributed by atoms with E-state index in [0.717, 1.165) is 49.3 Å². The van der Waals surface area contributed by atoms with E-state index in [4.69, 9.17) is 24.0 Å². The first-order valence-corrected chi connectivity index (χ1v) is 11.5. The lowest BCUT2D eigenvalue weighted by molar-refractivity contribution is 0.122. The lowest BCUT2D eigenvalue weighted by Crippen LogP contribution is -2.37. The van der Waals surface area contributed by atoms with Gasteiger partial charge in [0.15, 0.2) is 0 Å². The molecule has 1 N–H and O–H groups in total. The van der Waals surface area contributed by atoms with Crippen LogP contribution in [-0.4, -0.2) is 55.2 Å². The maximum Gasteiger partial charge on any atom is 0.525 e. The van der Waals surface area contributed by atoms with Crippen LogP contribution in [0.2, 0.25) is 6.32 Å². The van der Waals surface area contributed by atoms with Gasteiger partial charge in [-0.2, -0.15) is 10.1 Å². The monoisotopic (exact) mass is 449 g/mol. The Kier molecular flexibility index (Phi) is 7.30. The van der Waals surface area contributed by atoms with Crippen molar-refractivity contribution in [2.24, 2.45) is 5.10 Å². The lowest BCUT2D eigenvalue weighted by Gasteiger charge is -2.28. The van der Waals surface area contributed by atoms with Gasteiger partial charge in [-0.3, -0.25) is 0 Å². The predicted molar refractivity (Wildman–Crippen MR) is 132 cm³/mol. The molecule has 0 amide bonds. The zero-order chi connectivity index (χ0) is 23.3. The molecule has 3 heterocycles. The number of anilines is 2. The van der Waals surface area contributed by atoms with Crippen molar-refractivity contribution < 1.29 is 14.0 Å². The number of aromatic nitrogens is 2. The largest absolute Gasteiger partial charge is 0.537 e. The van der Waals surface area contributed by atoms with Crippen LogP contribution < -0.4 is 10.3 Å². The molecule has 2 aliphatic heterocycles. The van der Waals surface area contributed by atoms with Crippen molar-refractivity contribution in [1.82, 2.24) is 9.97 Å². The zero-order valence-corrected chi connectivity index (χ0v) is 19.7. The number of hydrogen-bond acceptors (Lipinski definition) is 8. The Labute approximate surface area is 196 Å². The van der Waals surface area contributed by atoms with Gasteiger partial charge in [-0.1, -0.05) is 36.4 Å². The molecule has 0 aliphatic carbocycles. The Balaban J connectivity index is 1.43. The second-order valence-electron chi connectivity index (χ2n) is 8.92. The Morgan fingerprint density at radius 2 is 2.06 bits per heavy atom. The van der Waals surface area contributed by atoms with E-state index in [1.165, 1.54) is 5.56 Å². The van der Waals surface area contributed by atoms with E-state index in [1.54, 1.807) is 6.21 Å². The Bertz CT molecular complexity index is 1010. The van der Waals surface area contributed by atoms with Gasteiger partial charge in [0, 0.05) is 24.8 Å². The number of nitrogens with one attached hydrogen (secondary N) is 1. The van der Waals surface area contributed by atoms with Crippen LogP contribution in [0.1, 0.15) is 37.1 Å². The van der Waals surface area contributed by atoms with Crippen molar-refractivity contribution in [2.45, 2.75) is 45.5 Å². The normalized spacial score (nSPS) is 18.1. The first-order valence-electron chi connectivity index (χ1n) is 11.5. The fourth-order valence-electron chi connectivity index (χ4n) is 3.82. The maximum atomic E-state index is 5.94. The number of ether oxygens (including phenoxy) is 1. The topological polar surface area (TPSA) is 81.1 Å². The first kappa shape index (κ1) is 23.3. The van der Waals surface area contributed by atoms with Crippen LogP contribution in [0.4, 0.5) is 11.8 Å². The Morgan fingerprint density at radius 3 is 2.79 bits per heavy atom. The molecule has 0 bridgehead atoms. The zero-order valence-electron chi connectivity index (χ0n) is 19.7. The summed E-state index contributed by atoms with van der Waals surface area (Å²) in [7, 11) is -0.260. The highest BCUT2D eigenvalue weighted by Crippen LogP contribution is 2.31. The molecule has 2 aromatic rings. The molecule has 8 nitrogen and oxygen atoms in total. The summed E-state index contributed by atoms with van der Waals surface area (Å²) in [5, 5.41) is 4.35. The van der Waals surface area contributed by atoms with Crippen LogP contribution in [0.5, 0.6) is 0 Å².